The second kappa shape index (κ2) is 11.5. The average Bonchev–Trinajstić information content (AvgIpc) is 3.57. The van der Waals surface area contributed by atoms with E-state index in [1.54, 1.807) is 37.1 Å². The smallest absolute Gasteiger partial charge is 0.264 e. The van der Waals surface area contributed by atoms with E-state index in [0.717, 1.165) is 67.8 Å². The first-order valence-corrected chi connectivity index (χ1v) is 14.2. The van der Waals surface area contributed by atoms with Gasteiger partial charge in [-0.2, -0.15) is 10.2 Å². The number of aromatic nitrogens is 4. The van der Waals surface area contributed by atoms with E-state index in [1.807, 2.05) is 24.8 Å². The second-order valence-corrected chi connectivity index (χ2v) is 10.4. The van der Waals surface area contributed by atoms with Gasteiger partial charge in [0.25, 0.3) is 6.43 Å². The lowest BCUT2D eigenvalue weighted by Gasteiger charge is -2.33. The van der Waals surface area contributed by atoms with Crippen molar-refractivity contribution >= 4 is 17.4 Å². The van der Waals surface area contributed by atoms with Crippen LogP contribution in [0.3, 0.4) is 0 Å². The Labute approximate surface area is 229 Å². The number of aryl methyl sites for hydroxylation is 2. The average molecular weight is 540 g/mol. The van der Waals surface area contributed by atoms with E-state index in [1.165, 1.54) is 5.69 Å². The highest BCUT2D eigenvalue weighted by Crippen LogP contribution is 2.43. The van der Waals surface area contributed by atoms with E-state index >= 15 is 0 Å². The number of nitrogens with one attached hydrogen (secondary N) is 1. The fourth-order valence-electron chi connectivity index (χ4n) is 6.13. The summed E-state index contributed by atoms with van der Waals surface area (Å²) >= 11 is 0. The van der Waals surface area contributed by atoms with Gasteiger partial charge in [0.05, 0.1) is 18.8 Å². The molecular weight excluding hydrogens is 500 g/mol. The van der Waals surface area contributed by atoms with Gasteiger partial charge >= 0.3 is 0 Å². The number of anilines is 2. The molecule has 210 valence electrons. The molecule has 1 N–H and O–H groups in total. The number of alkyl halides is 2. The molecule has 10 heteroatoms. The predicted octanol–water partition coefficient (Wildman–Crippen LogP) is 5.16. The molecule has 5 heterocycles. The van der Waals surface area contributed by atoms with E-state index in [4.69, 9.17) is 5.10 Å². The zero-order valence-electron chi connectivity index (χ0n) is 23.4. The number of carbonyl (C=O) groups is 1. The largest absolute Gasteiger partial charge is 0.338 e. The van der Waals surface area contributed by atoms with E-state index < -0.39 is 6.43 Å². The minimum atomic E-state index is -2.61. The fraction of sp³-hybridized carbons (Fsp3) is 0.552. The lowest BCUT2D eigenvalue weighted by Crippen LogP contribution is -2.36. The molecule has 1 fully saturated rings. The highest BCUT2D eigenvalue weighted by Gasteiger charge is 2.34. The van der Waals surface area contributed by atoms with Crippen LogP contribution in [-0.2, 0) is 31.2 Å². The lowest BCUT2D eigenvalue weighted by atomic mass is 9.92. The summed E-state index contributed by atoms with van der Waals surface area (Å²) in [6.07, 6.45) is 5.30. The number of benzene rings is 1. The molecule has 0 spiro atoms. The molecule has 8 nitrogen and oxygen atoms in total. The zero-order valence-corrected chi connectivity index (χ0v) is 23.4. The van der Waals surface area contributed by atoms with E-state index in [9.17, 15) is 13.6 Å². The number of carbonyl (C=O) groups excluding carboxylic acids is 1. The number of hydrogen-bond acceptors (Lipinski definition) is 5. The fourth-order valence-corrected chi connectivity index (χ4v) is 6.13. The van der Waals surface area contributed by atoms with Gasteiger partial charge in [-0.05, 0) is 62.0 Å². The van der Waals surface area contributed by atoms with Crippen molar-refractivity contribution in [2.24, 2.45) is 7.05 Å². The van der Waals surface area contributed by atoms with Gasteiger partial charge in [0.1, 0.15) is 0 Å². The van der Waals surface area contributed by atoms with Crippen LogP contribution in [0.2, 0.25) is 0 Å². The van der Waals surface area contributed by atoms with Crippen LogP contribution >= 0.6 is 0 Å². The molecule has 3 aliphatic heterocycles. The molecular formula is C29H39F2N7O. The number of fused-ring (bicyclic) bond motifs is 2. The summed E-state index contributed by atoms with van der Waals surface area (Å²) in [7, 11) is 1.79. The van der Waals surface area contributed by atoms with E-state index in [-0.39, 0.29) is 11.5 Å². The standard InChI is InChI=1S/C27H33F2N7O.C2H6/c1-17(37)34-11-7-24-23(16-34)27(32-36(24)20-5-8-30-9-6-20)35-10-3-4-18-12-21(19-14-31-33(2)15-19)22(26(28)29)13-25(18)35;1-2/h12-15,20,26,30H,3-11,16H2,1-2H3;1-2H3. The molecule has 0 saturated carbocycles. The number of halogens is 2. The first-order chi connectivity index (χ1) is 18.9. The number of rotatable bonds is 4. The molecule has 0 aliphatic carbocycles. The van der Waals surface area contributed by atoms with Crippen molar-refractivity contribution in [3.05, 3.63) is 46.9 Å². The van der Waals surface area contributed by atoms with Crippen LogP contribution in [0.5, 0.6) is 0 Å². The minimum Gasteiger partial charge on any atom is -0.338 e. The molecule has 6 rings (SSSR count). The molecule has 0 bridgehead atoms. The number of amides is 1. The Morgan fingerprint density at radius 1 is 1.13 bits per heavy atom. The van der Waals surface area contributed by atoms with Crippen LogP contribution in [0.25, 0.3) is 11.1 Å². The van der Waals surface area contributed by atoms with Gasteiger partial charge in [-0.3, -0.25) is 14.2 Å². The maximum atomic E-state index is 14.4. The van der Waals surface area contributed by atoms with Crippen molar-refractivity contribution in [3.8, 4) is 11.1 Å². The van der Waals surface area contributed by atoms with Gasteiger partial charge in [-0.1, -0.05) is 13.8 Å². The molecule has 39 heavy (non-hydrogen) atoms. The van der Waals surface area contributed by atoms with Gasteiger partial charge in [-0.15, -0.1) is 0 Å². The summed E-state index contributed by atoms with van der Waals surface area (Å²) in [6.45, 7) is 9.40. The number of nitrogens with zero attached hydrogens (tertiary/aromatic N) is 6. The van der Waals surface area contributed by atoms with Crippen molar-refractivity contribution in [1.29, 1.82) is 0 Å². The van der Waals surface area contributed by atoms with Gasteiger partial charge in [-0.25, -0.2) is 8.78 Å². The number of piperidine rings is 1. The maximum absolute atomic E-state index is 14.4. The Balaban J connectivity index is 0.00000151. The second-order valence-electron chi connectivity index (χ2n) is 10.4. The molecule has 1 aromatic carbocycles. The van der Waals surface area contributed by atoms with Gasteiger partial charge in [0, 0.05) is 67.8 Å². The molecule has 3 aliphatic rings. The Kier molecular flexibility index (Phi) is 8.02. The van der Waals surface area contributed by atoms with Crippen LogP contribution in [0.15, 0.2) is 24.5 Å². The molecule has 0 atom stereocenters. The van der Waals surface area contributed by atoms with E-state index in [0.29, 0.717) is 36.8 Å². The first-order valence-electron chi connectivity index (χ1n) is 14.2. The minimum absolute atomic E-state index is 0.00988. The summed E-state index contributed by atoms with van der Waals surface area (Å²) in [6, 6.07) is 3.88. The summed E-state index contributed by atoms with van der Waals surface area (Å²) in [5, 5.41) is 12.8. The Morgan fingerprint density at radius 2 is 1.90 bits per heavy atom. The topological polar surface area (TPSA) is 71.2 Å². The molecule has 1 amide bonds. The van der Waals surface area contributed by atoms with Crippen molar-refractivity contribution in [1.82, 2.24) is 29.8 Å². The van der Waals surface area contributed by atoms with E-state index in [2.05, 4.69) is 20.0 Å². The molecule has 2 aromatic heterocycles. The van der Waals surface area contributed by atoms with Gasteiger partial charge in [0.15, 0.2) is 5.82 Å². The van der Waals surface area contributed by atoms with Crippen LogP contribution in [0.4, 0.5) is 20.3 Å². The highest BCUT2D eigenvalue weighted by atomic mass is 19.3. The maximum Gasteiger partial charge on any atom is 0.264 e. The van der Waals surface area contributed by atoms with Crippen LogP contribution in [-0.4, -0.2) is 56.5 Å². The van der Waals surface area contributed by atoms with Crippen molar-refractivity contribution in [2.75, 3.05) is 31.1 Å². The third-order valence-electron chi connectivity index (χ3n) is 8.04. The van der Waals surface area contributed by atoms with Gasteiger partial charge in [0.2, 0.25) is 5.91 Å². The molecule has 0 unspecified atom stereocenters. The third-order valence-corrected chi connectivity index (χ3v) is 8.04. The summed E-state index contributed by atoms with van der Waals surface area (Å²) < 4.78 is 32.6. The third kappa shape index (κ3) is 5.18. The summed E-state index contributed by atoms with van der Waals surface area (Å²) in [5.41, 5.74) is 5.33. The lowest BCUT2D eigenvalue weighted by molar-refractivity contribution is -0.129. The summed E-state index contributed by atoms with van der Waals surface area (Å²) in [4.78, 5) is 16.3. The SMILES string of the molecule is CC.CC(=O)N1CCc2c(c(N3CCCc4cc(-c5cnn(C)c5)c(C(F)F)cc43)nn2C2CCNCC2)C1. The monoisotopic (exact) mass is 539 g/mol. The quantitative estimate of drug-likeness (QED) is 0.496. The first kappa shape index (κ1) is 27.3. The van der Waals surface area contributed by atoms with Crippen molar-refractivity contribution in [3.63, 3.8) is 0 Å². The highest BCUT2D eigenvalue weighted by molar-refractivity contribution is 5.78. The number of hydrogen-bond donors (Lipinski definition) is 1. The Bertz CT molecular complexity index is 1330. The zero-order chi connectivity index (χ0) is 27.7. The van der Waals surface area contributed by atoms with Crippen LogP contribution in [0, 0.1) is 0 Å². The van der Waals surface area contributed by atoms with Crippen molar-refractivity contribution < 1.29 is 13.6 Å². The molecule has 3 aromatic rings. The summed E-state index contributed by atoms with van der Waals surface area (Å²) in [5.74, 6) is 0.862. The Morgan fingerprint density at radius 3 is 2.56 bits per heavy atom. The van der Waals surface area contributed by atoms with Crippen molar-refractivity contribution in [2.45, 2.75) is 71.9 Å². The normalized spacial score (nSPS) is 17.5. The van der Waals surface area contributed by atoms with Crippen LogP contribution in [0.1, 0.15) is 74.9 Å². The Hall–Kier alpha value is -3.27. The molecule has 1 saturated heterocycles. The predicted molar refractivity (Wildman–Crippen MR) is 148 cm³/mol. The molecule has 0 radical (unpaired) electrons. The van der Waals surface area contributed by atoms with Crippen LogP contribution < -0.4 is 10.2 Å². The van der Waals surface area contributed by atoms with Gasteiger partial charge < -0.3 is 15.1 Å².